The van der Waals surface area contributed by atoms with Gasteiger partial charge in [-0.25, -0.2) is 0 Å². The van der Waals surface area contributed by atoms with Crippen LogP contribution in [0.3, 0.4) is 0 Å². The molecule has 0 radical (unpaired) electrons. The second kappa shape index (κ2) is 6.56. The van der Waals surface area contributed by atoms with Crippen molar-refractivity contribution < 1.29 is 19.4 Å². The standard InChI is InChI=1S/C11H20N2O4/c1-12-10(14)8-5-3-4-6-13(8)9(7-17-2)11(15)16/h8-9H,3-7H2,1-2H3,(H,12,14)(H,15,16). The Morgan fingerprint density at radius 3 is 2.76 bits per heavy atom. The molecule has 6 nitrogen and oxygen atoms in total. The normalized spacial score (nSPS) is 23.1. The van der Waals surface area contributed by atoms with Crippen LogP contribution >= 0.6 is 0 Å². The lowest BCUT2D eigenvalue weighted by Crippen LogP contribution is -2.56. The summed E-state index contributed by atoms with van der Waals surface area (Å²) >= 11 is 0. The molecular formula is C11H20N2O4. The average Bonchev–Trinajstić information content (AvgIpc) is 2.34. The van der Waals surface area contributed by atoms with E-state index in [4.69, 9.17) is 4.74 Å². The van der Waals surface area contributed by atoms with Crippen LogP contribution in [-0.4, -0.2) is 61.3 Å². The number of likely N-dealkylation sites (N-methyl/N-ethyl adjacent to an activating group) is 1. The molecule has 0 aromatic heterocycles. The molecule has 0 spiro atoms. The van der Waals surface area contributed by atoms with E-state index in [1.807, 2.05) is 0 Å². The summed E-state index contributed by atoms with van der Waals surface area (Å²) in [6, 6.07) is -1.10. The Labute approximate surface area is 101 Å². The van der Waals surface area contributed by atoms with Gasteiger partial charge < -0.3 is 15.2 Å². The SMILES string of the molecule is CNC(=O)C1CCCCN1C(COC)C(=O)O. The molecule has 1 fully saturated rings. The average molecular weight is 244 g/mol. The molecule has 0 aromatic rings. The number of nitrogens with zero attached hydrogens (tertiary/aromatic N) is 1. The molecule has 2 N–H and O–H groups in total. The van der Waals surface area contributed by atoms with Crippen molar-refractivity contribution in [3.8, 4) is 0 Å². The van der Waals surface area contributed by atoms with Crippen LogP contribution < -0.4 is 5.32 Å². The topological polar surface area (TPSA) is 78.9 Å². The summed E-state index contributed by atoms with van der Waals surface area (Å²) in [5.74, 6) is -1.06. The van der Waals surface area contributed by atoms with Gasteiger partial charge in [-0.3, -0.25) is 14.5 Å². The molecule has 1 aliphatic rings. The van der Waals surface area contributed by atoms with Gasteiger partial charge in [0.05, 0.1) is 12.6 Å². The predicted octanol–water partition coefficient (Wildman–Crippen LogP) is -0.313. The minimum atomic E-state index is -0.942. The van der Waals surface area contributed by atoms with Gasteiger partial charge in [0, 0.05) is 14.2 Å². The monoisotopic (exact) mass is 244 g/mol. The second-order valence-electron chi connectivity index (χ2n) is 4.17. The van der Waals surface area contributed by atoms with Gasteiger partial charge in [-0.2, -0.15) is 0 Å². The van der Waals surface area contributed by atoms with E-state index in [0.29, 0.717) is 13.0 Å². The maximum atomic E-state index is 11.7. The highest BCUT2D eigenvalue weighted by Crippen LogP contribution is 2.20. The molecule has 1 heterocycles. The summed E-state index contributed by atoms with van der Waals surface area (Å²) < 4.78 is 4.93. The van der Waals surface area contributed by atoms with Crippen molar-refractivity contribution in [3.05, 3.63) is 0 Å². The van der Waals surface area contributed by atoms with Crippen molar-refractivity contribution in [1.82, 2.24) is 10.2 Å². The van der Waals surface area contributed by atoms with E-state index in [-0.39, 0.29) is 18.6 Å². The fraction of sp³-hybridized carbons (Fsp3) is 0.818. The Kier molecular flexibility index (Phi) is 5.37. The van der Waals surface area contributed by atoms with E-state index in [1.165, 1.54) is 7.11 Å². The van der Waals surface area contributed by atoms with E-state index >= 15 is 0 Å². The molecule has 0 aliphatic carbocycles. The molecule has 0 saturated carbocycles. The Hall–Kier alpha value is -1.14. The van der Waals surface area contributed by atoms with Gasteiger partial charge in [-0.15, -0.1) is 0 Å². The van der Waals surface area contributed by atoms with Crippen molar-refractivity contribution in [2.75, 3.05) is 27.3 Å². The fourth-order valence-electron chi connectivity index (χ4n) is 2.24. The number of methoxy groups -OCH3 is 1. The van der Waals surface area contributed by atoms with Crippen molar-refractivity contribution >= 4 is 11.9 Å². The first kappa shape index (κ1) is 13.9. The van der Waals surface area contributed by atoms with Crippen LogP contribution in [-0.2, 0) is 14.3 Å². The van der Waals surface area contributed by atoms with Gasteiger partial charge in [0.2, 0.25) is 5.91 Å². The van der Waals surface area contributed by atoms with Crippen LogP contribution in [0.4, 0.5) is 0 Å². The first-order valence-corrected chi connectivity index (χ1v) is 5.81. The summed E-state index contributed by atoms with van der Waals surface area (Å²) in [6.07, 6.45) is 2.57. The van der Waals surface area contributed by atoms with E-state index in [0.717, 1.165) is 12.8 Å². The fourth-order valence-corrected chi connectivity index (χ4v) is 2.24. The number of aliphatic carboxylic acids is 1. The molecule has 0 aromatic carbocycles. The molecule has 1 aliphatic heterocycles. The number of piperidine rings is 1. The number of hydrogen-bond donors (Lipinski definition) is 2. The summed E-state index contributed by atoms with van der Waals surface area (Å²) in [5.41, 5.74) is 0. The first-order chi connectivity index (χ1) is 8.11. The summed E-state index contributed by atoms with van der Waals surface area (Å²) in [4.78, 5) is 24.6. The number of nitrogens with one attached hydrogen (secondary N) is 1. The Balaban J connectivity index is 2.80. The van der Waals surface area contributed by atoms with E-state index < -0.39 is 12.0 Å². The number of hydrogen-bond acceptors (Lipinski definition) is 4. The number of carbonyl (C=O) groups is 2. The number of carboxylic acid groups (broad SMARTS) is 1. The minimum absolute atomic E-state index is 0.100. The van der Waals surface area contributed by atoms with Crippen LogP contribution in [0, 0.1) is 0 Å². The Bertz CT molecular complexity index is 279. The molecular weight excluding hydrogens is 224 g/mol. The van der Waals surface area contributed by atoms with Crippen molar-refractivity contribution in [3.63, 3.8) is 0 Å². The first-order valence-electron chi connectivity index (χ1n) is 5.81. The summed E-state index contributed by atoms with van der Waals surface area (Å²) in [7, 11) is 3.04. The lowest BCUT2D eigenvalue weighted by molar-refractivity contribution is -0.149. The van der Waals surface area contributed by atoms with Crippen molar-refractivity contribution in [2.45, 2.75) is 31.3 Å². The zero-order chi connectivity index (χ0) is 12.8. The molecule has 1 saturated heterocycles. The van der Waals surface area contributed by atoms with Gasteiger partial charge >= 0.3 is 5.97 Å². The number of rotatable bonds is 5. The van der Waals surface area contributed by atoms with Gasteiger partial charge in [-0.1, -0.05) is 6.42 Å². The number of amides is 1. The van der Waals surface area contributed by atoms with Crippen LogP contribution in [0.25, 0.3) is 0 Å². The minimum Gasteiger partial charge on any atom is -0.480 e. The predicted molar refractivity (Wildman–Crippen MR) is 61.7 cm³/mol. The van der Waals surface area contributed by atoms with Crippen LogP contribution in [0.15, 0.2) is 0 Å². The molecule has 17 heavy (non-hydrogen) atoms. The molecule has 98 valence electrons. The Morgan fingerprint density at radius 1 is 1.53 bits per heavy atom. The maximum Gasteiger partial charge on any atom is 0.323 e. The van der Waals surface area contributed by atoms with Crippen molar-refractivity contribution in [2.24, 2.45) is 0 Å². The summed E-state index contributed by atoms with van der Waals surface area (Å²) in [5, 5.41) is 11.8. The van der Waals surface area contributed by atoms with Crippen LogP contribution in [0.5, 0.6) is 0 Å². The number of carbonyl (C=O) groups excluding carboxylic acids is 1. The number of likely N-dealkylation sites (tertiary alicyclic amines) is 1. The van der Waals surface area contributed by atoms with Crippen molar-refractivity contribution in [1.29, 1.82) is 0 Å². The van der Waals surface area contributed by atoms with Gasteiger partial charge in [0.1, 0.15) is 6.04 Å². The zero-order valence-electron chi connectivity index (χ0n) is 10.3. The molecule has 2 unspecified atom stereocenters. The lowest BCUT2D eigenvalue weighted by atomic mass is 9.99. The molecule has 2 atom stereocenters. The van der Waals surface area contributed by atoms with E-state index in [2.05, 4.69) is 5.32 Å². The highest BCUT2D eigenvalue weighted by atomic mass is 16.5. The van der Waals surface area contributed by atoms with Gasteiger partial charge in [0.25, 0.3) is 0 Å². The van der Waals surface area contributed by atoms with Gasteiger partial charge in [-0.05, 0) is 19.4 Å². The lowest BCUT2D eigenvalue weighted by Gasteiger charge is -2.37. The van der Waals surface area contributed by atoms with Crippen LogP contribution in [0.1, 0.15) is 19.3 Å². The zero-order valence-corrected chi connectivity index (χ0v) is 10.3. The summed E-state index contributed by atoms with van der Waals surface area (Å²) in [6.45, 7) is 0.723. The smallest absolute Gasteiger partial charge is 0.323 e. The third kappa shape index (κ3) is 3.41. The Morgan fingerprint density at radius 2 is 2.24 bits per heavy atom. The highest BCUT2D eigenvalue weighted by molar-refractivity contribution is 5.83. The van der Waals surface area contributed by atoms with E-state index in [9.17, 15) is 14.7 Å². The third-order valence-corrected chi connectivity index (χ3v) is 3.10. The molecule has 1 amide bonds. The maximum absolute atomic E-state index is 11.7. The quantitative estimate of drug-likeness (QED) is 0.693. The second-order valence-corrected chi connectivity index (χ2v) is 4.17. The van der Waals surface area contributed by atoms with E-state index in [1.54, 1.807) is 11.9 Å². The molecule has 0 bridgehead atoms. The van der Waals surface area contributed by atoms with Crippen LogP contribution in [0.2, 0.25) is 0 Å². The highest BCUT2D eigenvalue weighted by Gasteiger charge is 2.36. The molecule has 1 rings (SSSR count). The molecule has 6 heteroatoms. The van der Waals surface area contributed by atoms with Gasteiger partial charge in [0.15, 0.2) is 0 Å². The number of ether oxygens (including phenoxy) is 1. The largest absolute Gasteiger partial charge is 0.480 e. The number of carboxylic acids is 1. The third-order valence-electron chi connectivity index (χ3n) is 3.10.